The number of rotatable bonds is 5. The molecule has 1 aromatic heterocycles. The first kappa shape index (κ1) is 24.5. The van der Waals surface area contributed by atoms with Gasteiger partial charge in [-0.15, -0.1) is 10.2 Å². The molecule has 1 saturated heterocycles. The van der Waals surface area contributed by atoms with Gasteiger partial charge in [-0.1, -0.05) is 35.9 Å². The molecule has 1 aliphatic rings. The summed E-state index contributed by atoms with van der Waals surface area (Å²) in [5.41, 5.74) is 1.99. The molecule has 1 aromatic carbocycles. The summed E-state index contributed by atoms with van der Waals surface area (Å²) in [6.45, 7) is 9.05. The second-order valence-corrected chi connectivity index (χ2v) is 8.35. The number of amides is 2. The average Bonchev–Trinajstić information content (AvgIpc) is 3.26. The molecule has 0 radical (unpaired) electrons. The molecular formula is C23H28F3N5O2. The Hall–Kier alpha value is -3.14. The van der Waals surface area contributed by atoms with Gasteiger partial charge >= 0.3 is 18.1 Å². The fraction of sp³-hybridized carbons (Fsp3) is 0.435. The summed E-state index contributed by atoms with van der Waals surface area (Å²) in [4.78, 5) is 17.0. The maximum atomic E-state index is 13.4. The summed E-state index contributed by atoms with van der Waals surface area (Å²) in [7, 11) is 0. The second kappa shape index (κ2) is 10.2. The maximum absolute atomic E-state index is 13.4. The summed E-state index contributed by atoms with van der Waals surface area (Å²) >= 11 is 0. The lowest BCUT2D eigenvalue weighted by Gasteiger charge is -2.39. The Kier molecular flexibility index (Phi) is 7.57. The van der Waals surface area contributed by atoms with Crippen LogP contribution in [0, 0.1) is 0 Å². The van der Waals surface area contributed by atoms with Gasteiger partial charge in [-0.05, 0) is 39.8 Å². The van der Waals surface area contributed by atoms with Crippen LogP contribution in [-0.4, -0.2) is 52.8 Å². The molecule has 10 heteroatoms. The number of urea groups is 1. The van der Waals surface area contributed by atoms with Crippen molar-refractivity contribution in [1.29, 1.82) is 0 Å². The highest BCUT2D eigenvalue weighted by molar-refractivity contribution is 5.92. The minimum atomic E-state index is -4.69. The highest BCUT2D eigenvalue weighted by atomic mass is 19.4. The van der Waals surface area contributed by atoms with Crippen LogP contribution in [0.3, 0.4) is 0 Å². The number of aromatic nitrogens is 2. The zero-order valence-electron chi connectivity index (χ0n) is 19.1. The Morgan fingerprint density at radius 3 is 2.36 bits per heavy atom. The van der Waals surface area contributed by atoms with Gasteiger partial charge in [0.2, 0.25) is 5.89 Å². The first-order valence-corrected chi connectivity index (χ1v) is 10.7. The fourth-order valence-corrected chi connectivity index (χ4v) is 3.67. The number of alkyl halides is 3. The van der Waals surface area contributed by atoms with E-state index < -0.39 is 12.1 Å². The number of piperazine rings is 1. The van der Waals surface area contributed by atoms with Gasteiger partial charge in [-0.2, -0.15) is 13.2 Å². The van der Waals surface area contributed by atoms with Crippen LogP contribution in [0.15, 0.2) is 52.5 Å². The fourth-order valence-electron chi connectivity index (χ4n) is 3.67. The predicted molar refractivity (Wildman–Crippen MR) is 120 cm³/mol. The molecule has 0 bridgehead atoms. The quantitative estimate of drug-likeness (QED) is 0.648. The van der Waals surface area contributed by atoms with Crippen LogP contribution in [0.1, 0.15) is 39.5 Å². The maximum Gasteiger partial charge on any atom is 0.470 e. The van der Waals surface area contributed by atoms with E-state index in [1.807, 2.05) is 56.0 Å². The topological polar surface area (TPSA) is 74.5 Å². The molecule has 0 saturated carbocycles. The molecule has 7 nitrogen and oxygen atoms in total. The molecule has 1 fully saturated rings. The zero-order valence-corrected chi connectivity index (χ0v) is 19.1. The van der Waals surface area contributed by atoms with Crippen LogP contribution < -0.4 is 10.2 Å². The standard InChI is InChI=1S/C23H28F3N5O2/c1-15(10-11-16(2)20-28-29-21(33-20)23(24,25)26)12-31(19-8-6-5-7-9-19)22(32)30-13-17(3)27-18(4)14-30/h5-11,17-18,27H,12-14H2,1-4H3/b15-10+,16-11+/t17-,18+. The molecule has 2 aromatic rings. The molecule has 2 amide bonds. The SMILES string of the molecule is C/C(=C\C=C(/C)c1nnc(C(F)(F)F)o1)CN(C(=O)N1C[C@@H](C)N[C@@H](C)C1)c1ccccc1. The van der Waals surface area contributed by atoms with Gasteiger partial charge in [0.15, 0.2) is 0 Å². The van der Waals surface area contributed by atoms with Gasteiger partial charge in [0.1, 0.15) is 0 Å². The number of hydrogen-bond donors (Lipinski definition) is 1. The molecule has 1 N–H and O–H groups in total. The molecule has 1 aliphatic heterocycles. The zero-order chi connectivity index (χ0) is 24.2. The van der Waals surface area contributed by atoms with Crippen LogP contribution in [-0.2, 0) is 6.18 Å². The molecule has 2 atom stereocenters. The second-order valence-electron chi connectivity index (χ2n) is 8.35. The minimum Gasteiger partial charge on any atom is -0.413 e. The van der Waals surface area contributed by atoms with Gasteiger partial charge in [0.25, 0.3) is 0 Å². The number of carbonyl (C=O) groups is 1. The van der Waals surface area contributed by atoms with Gasteiger partial charge in [0, 0.05) is 43.0 Å². The molecule has 33 heavy (non-hydrogen) atoms. The van der Waals surface area contributed by atoms with E-state index in [0.29, 0.717) is 25.2 Å². The van der Waals surface area contributed by atoms with Crippen molar-refractivity contribution >= 4 is 17.3 Å². The third-order valence-electron chi connectivity index (χ3n) is 5.16. The monoisotopic (exact) mass is 463 g/mol. The van der Waals surface area contributed by atoms with Crippen molar-refractivity contribution in [2.75, 3.05) is 24.5 Å². The van der Waals surface area contributed by atoms with E-state index in [9.17, 15) is 18.0 Å². The van der Waals surface area contributed by atoms with Gasteiger partial charge < -0.3 is 14.6 Å². The molecule has 0 spiro atoms. The Morgan fingerprint density at radius 1 is 1.15 bits per heavy atom. The number of halogens is 3. The van der Waals surface area contributed by atoms with Crippen LogP contribution in [0.25, 0.3) is 5.57 Å². The normalized spacial score (nSPS) is 20.2. The minimum absolute atomic E-state index is 0.0958. The number of para-hydroxylation sites is 1. The van der Waals surface area contributed by atoms with Crippen LogP contribution in [0.5, 0.6) is 0 Å². The predicted octanol–water partition coefficient (Wildman–Crippen LogP) is 4.75. The summed E-state index contributed by atoms with van der Waals surface area (Å²) in [5, 5.41) is 9.93. The van der Waals surface area contributed by atoms with E-state index in [0.717, 1.165) is 11.3 Å². The Labute approximate surface area is 191 Å². The number of allylic oxidation sites excluding steroid dienone is 3. The molecule has 178 valence electrons. The van der Waals surface area contributed by atoms with Gasteiger partial charge in [0.05, 0.1) is 0 Å². The van der Waals surface area contributed by atoms with Crippen molar-refractivity contribution in [2.24, 2.45) is 0 Å². The lowest BCUT2D eigenvalue weighted by Crippen LogP contribution is -2.58. The summed E-state index contributed by atoms with van der Waals surface area (Å²) in [5.74, 6) is -1.59. The summed E-state index contributed by atoms with van der Waals surface area (Å²) in [6.07, 6.45) is -1.35. The smallest absolute Gasteiger partial charge is 0.413 e. The lowest BCUT2D eigenvalue weighted by atomic mass is 10.1. The van der Waals surface area contributed by atoms with E-state index in [2.05, 4.69) is 15.5 Å². The molecule has 2 heterocycles. The highest BCUT2D eigenvalue weighted by Crippen LogP contribution is 2.29. The number of benzene rings is 1. The van der Waals surface area contributed by atoms with Crippen LogP contribution in [0.4, 0.5) is 23.7 Å². The number of hydrogen-bond acceptors (Lipinski definition) is 5. The van der Waals surface area contributed by atoms with Crippen molar-refractivity contribution in [3.05, 3.63) is 59.8 Å². The molecule has 3 rings (SSSR count). The lowest BCUT2D eigenvalue weighted by molar-refractivity contribution is -0.157. The Bertz CT molecular complexity index is 1010. The first-order valence-electron chi connectivity index (χ1n) is 10.7. The summed E-state index contributed by atoms with van der Waals surface area (Å²) < 4.78 is 42.8. The average molecular weight is 464 g/mol. The van der Waals surface area contributed by atoms with E-state index in [4.69, 9.17) is 4.42 Å². The van der Waals surface area contributed by atoms with Crippen LogP contribution in [0.2, 0.25) is 0 Å². The largest absolute Gasteiger partial charge is 0.470 e. The number of nitrogens with one attached hydrogen (secondary N) is 1. The van der Waals surface area contributed by atoms with Crippen molar-refractivity contribution in [3.8, 4) is 0 Å². The number of nitrogens with zero attached hydrogens (tertiary/aromatic N) is 4. The van der Waals surface area contributed by atoms with Crippen molar-refractivity contribution < 1.29 is 22.4 Å². The van der Waals surface area contributed by atoms with E-state index in [1.54, 1.807) is 24.0 Å². The van der Waals surface area contributed by atoms with Crippen LogP contribution >= 0.6 is 0 Å². The molecule has 0 aliphatic carbocycles. The highest BCUT2D eigenvalue weighted by Gasteiger charge is 2.38. The van der Waals surface area contributed by atoms with Crippen molar-refractivity contribution in [2.45, 2.75) is 46.0 Å². The summed E-state index contributed by atoms with van der Waals surface area (Å²) in [6, 6.07) is 9.65. The Balaban J connectivity index is 1.79. The number of anilines is 1. The molecular weight excluding hydrogens is 435 g/mol. The van der Waals surface area contributed by atoms with E-state index in [-0.39, 0.29) is 24.0 Å². The number of carbonyl (C=O) groups excluding carboxylic acids is 1. The Morgan fingerprint density at radius 2 is 1.79 bits per heavy atom. The van der Waals surface area contributed by atoms with Crippen molar-refractivity contribution in [1.82, 2.24) is 20.4 Å². The van der Waals surface area contributed by atoms with Crippen molar-refractivity contribution in [3.63, 3.8) is 0 Å². The van der Waals surface area contributed by atoms with E-state index in [1.165, 1.54) is 0 Å². The third kappa shape index (κ3) is 6.44. The first-order chi connectivity index (χ1) is 15.5. The van der Waals surface area contributed by atoms with E-state index >= 15 is 0 Å². The van der Waals surface area contributed by atoms with Gasteiger partial charge in [-0.3, -0.25) is 4.90 Å². The third-order valence-corrected chi connectivity index (χ3v) is 5.16. The molecule has 0 unspecified atom stereocenters. The van der Waals surface area contributed by atoms with Gasteiger partial charge in [-0.25, -0.2) is 4.79 Å².